The molecule has 0 radical (unpaired) electrons. The first-order valence-electron chi connectivity index (χ1n) is 9.40. The monoisotopic (exact) mass is 345 g/mol. The molecule has 138 valence electrons. The highest BCUT2D eigenvalue weighted by molar-refractivity contribution is 5.88. The average Bonchev–Trinajstić information content (AvgIpc) is 2.59. The number of piperazine rings is 1. The zero-order chi connectivity index (χ0) is 18.2. The van der Waals surface area contributed by atoms with Crippen LogP contribution in [0.5, 0.6) is 0 Å². The third-order valence-corrected chi connectivity index (χ3v) is 4.66. The molecule has 0 aromatic heterocycles. The first kappa shape index (κ1) is 19.4. The summed E-state index contributed by atoms with van der Waals surface area (Å²) < 4.78 is 0. The fourth-order valence-corrected chi connectivity index (χ4v) is 3.30. The smallest absolute Gasteiger partial charge is 0.237 e. The SMILES string of the molecule is CCCN(CCC)C(=O)CC1C(=O)NCCN1Cc1ccc(C)cc1. The maximum atomic E-state index is 12.7. The molecule has 1 aromatic rings. The highest BCUT2D eigenvalue weighted by atomic mass is 16.2. The van der Waals surface area contributed by atoms with E-state index < -0.39 is 0 Å². The first-order chi connectivity index (χ1) is 12.0. The lowest BCUT2D eigenvalue weighted by molar-refractivity contribution is -0.139. The van der Waals surface area contributed by atoms with Crippen molar-refractivity contribution < 1.29 is 9.59 Å². The van der Waals surface area contributed by atoms with Crippen molar-refractivity contribution in [3.8, 4) is 0 Å². The Labute approximate surface area is 151 Å². The predicted molar refractivity (Wildman–Crippen MR) is 100 cm³/mol. The van der Waals surface area contributed by atoms with Crippen LogP contribution in [0.3, 0.4) is 0 Å². The molecule has 1 atom stereocenters. The second-order valence-electron chi connectivity index (χ2n) is 6.85. The minimum Gasteiger partial charge on any atom is -0.353 e. The molecule has 1 unspecified atom stereocenters. The lowest BCUT2D eigenvalue weighted by Crippen LogP contribution is -2.56. The normalized spacial score (nSPS) is 18.0. The van der Waals surface area contributed by atoms with E-state index in [2.05, 4.69) is 55.3 Å². The largest absolute Gasteiger partial charge is 0.353 e. The van der Waals surface area contributed by atoms with Crippen LogP contribution in [-0.2, 0) is 16.1 Å². The number of nitrogens with zero attached hydrogens (tertiary/aromatic N) is 2. The Morgan fingerprint density at radius 1 is 1.20 bits per heavy atom. The highest BCUT2D eigenvalue weighted by Crippen LogP contribution is 2.16. The van der Waals surface area contributed by atoms with Gasteiger partial charge in [-0.3, -0.25) is 14.5 Å². The Hall–Kier alpha value is -1.88. The van der Waals surface area contributed by atoms with Crippen LogP contribution in [0, 0.1) is 6.92 Å². The molecular weight excluding hydrogens is 314 g/mol. The summed E-state index contributed by atoms with van der Waals surface area (Å²) in [4.78, 5) is 29.1. The van der Waals surface area contributed by atoms with Crippen molar-refractivity contribution in [3.05, 3.63) is 35.4 Å². The Balaban J connectivity index is 2.06. The number of benzene rings is 1. The molecule has 2 amide bonds. The lowest BCUT2D eigenvalue weighted by atomic mass is 10.1. The van der Waals surface area contributed by atoms with Crippen LogP contribution in [0.1, 0.15) is 44.2 Å². The van der Waals surface area contributed by atoms with Crippen molar-refractivity contribution in [1.82, 2.24) is 15.1 Å². The van der Waals surface area contributed by atoms with Crippen LogP contribution in [0.4, 0.5) is 0 Å². The number of carbonyl (C=O) groups is 2. The van der Waals surface area contributed by atoms with Gasteiger partial charge in [0.25, 0.3) is 0 Å². The van der Waals surface area contributed by atoms with Crippen molar-refractivity contribution in [2.45, 2.75) is 52.6 Å². The maximum Gasteiger partial charge on any atom is 0.237 e. The van der Waals surface area contributed by atoms with Crippen molar-refractivity contribution in [2.24, 2.45) is 0 Å². The van der Waals surface area contributed by atoms with Crippen molar-refractivity contribution in [2.75, 3.05) is 26.2 Å². The van der Waals surface area contributed by atoms with E-state index in [1.165, 1.54) is 11.1 Å². The van der Waals surface area contributed by atoms with Gasteiger partial charge in [-0.25, -0.2) is 0 Å². The fourth-order valence-electron chi connectivity index (χ4n) is 3.30. The van der Waals surface area contributed by atoms with Gasteiger partial charge >= 0.3 is 0 Å². The second kappa shape index (κ2) is 9.56. The number of amides is 2. The molecular formula is C20H31N3O2. The van der Waals surface area contributed by atoms with Crippen molar-refractivity contribution >= 4 is 11.8 Å². The Morgan fingerprint density at radius 2 is 1.84 bits per heavy atom. The van der Waals surface area contributed by atoms with Gasteiger partial charge < -0.3 is 10.2 Å². The summed E-state index contributed by atoms with van der Waals surface area (Å²) in [5.74, 6) is 0.0549. The van der Waals surface area contributed by atoms with E-state index in [0.29, 0.717) is 13.1 Å². The molecule has 0 bridgehead atoms. The Morgan fingerprint density at radius 3 is 2.44 bits per heavy atom. The van der Waals surface area contributed by atoms with Gasteiger partial charge in [0.15, 0.2) is 0 Å². The second-order valence-corrected chi connectivity index (χ2v) is 6.85. The lowest BCUT2D eigenvalue weighted by Gasteiger charge is -2.35. The van der Waals surface area contributed by atoms with Crippen LogP contribution in [0.25, 0.3) is 0 Å². The van der Waals surface area contributed by atoms with Gasteiger partial charge in [0, 0.05) is 32.7 Å². The summed E-state index contributed by atoms with van der Waals surface area (Å²) in [6.07, 6.45) is 2.14. The van der Waals surface area contributed by atoms with E-state index in [-0.39, 0.29) is 24.3 Å². The molecule has 1 saturated heterocycles. The predicted octanol–water partition coefficient (Wildman–Crippen LogP) is 2.33. The molecule has 1 heterocycles. The minimum atomic E-state index is -0.376. The van der Waals surface area contributed by atoms with Crippen LogP contribution in [0.2, 0.25) is 0 Å². The van der Waals surface area contributed by atoms with E-state index in [4.69, 9.17) is 0 Å². The van der Waals surface area contributed by atoms with E-state index in [9.17, 15) is 9.59 Å². The molecule has 2 rings (SSSR count). The quantitative estimate of drug-likeness (QED) is 0.787. The third-order valence-electron chi connectivity index (χ3n) is 4.66. The zero-order valence-corrected chi connectivity index (χ0v) is 15.8. The zero-order valence-electron chi connectivity index (χ0n) is 15.8. The van der Waals surface area contributed by atoms with Gasteiger partial charge in [-0.1, -0.05) is 43.7 Å². The van der Waals surface area contributed by atoms with Gasteiger partial charge in [0.2, 0.25) is 11.8 Å². The molecule has 1 fully saturated rings. The molecule has 0 saturated carbocycles. The molecule has 25 heavy (non-hydrogen) atoms. The fraction of sp³-hybridized carbons (Fsp3) is 0.600. The topological polar surface area (TPSA) is 52.7 Å². The Bertz CT molecular complexity index is 565. The van der Waals surface area contributed by atoms with Crippen LogP contribution in [-0.4, -0.2) is 53.8 Å². The van der Waals surface area contributed by atoms with E-state index in [1.807, 2.05) is 4.90 Å². The molecule has 0 aliphatic carbocycles. The average molecular weight is 345 g/mol. The summed E-state index contributed by atoms with van der Waals surface area (Å²) in [6, 6.07) is 7.99. The van der Waals surface area contributed by atoms with Crippen LogP contribution in [0.15, 0.2) is 24.3 Å². The molecule has 1 aliphatic rings. The Kier molecular flexibility index (Phi) is 7.44. The summed E-state index contributed by atoms with van der Waals surface area (Å²) in [6.45, 7) is 9.86. The molecule has 1 aliphatic heterocycles. The summed E-state index contributed by atoms with van der Waals surface area (Å²) in [5, 5.41) is 2.91. The molecule has 1 aromatic carbocycles. The molecule has 0 spiro atoms. The van der Waals surface area contributed by atoms with E-state index in [1.54, 1.807) is 0 Å². The van der Waals surface area contributed by atoms with Crippen molar-refractivity contribution in [3.63, 3.8) is 0 Å². The van der Waals surface area contributed by atoms with Gasteiger partial charge in [0.05, 0.1) is 12.5 Å². The van der Waals surface area contributed by atoms with Crippen molar-refractivity contribution in [1.29, 1.82) is 0 Å². The molecule has 5 nitrogen and oxygen atoms in total. The number of aryl methyl sites for hydroxylation is 1. The summed E-state index contributed by atoms with van der Waals surface area (Å²) in [7, 11) is 0. The number of hydrogen-bond acceptors (Lipinski definition) is 3. The summed E-state index contributed by atoms with van der Waals surface area (Å²) in [5.41, 5.74) is 2.40. The molecule has 1 N–H and O–H groups in total. The maximum absolute atomic E-state index is 12.7. The third kappa shape index (κ3) is 5.56. The minimum absolute atomic E-state index is 0.0281. The molecule has 5 heteroatoms. The first-order valence-corrected chi connectivity index (χ1v) is 9.40. The van der Waals surface area contributed by atoms with E-state index in [0.717, 1.165) is 32.5 Å². The van der Waals surface area contributed by atoms with Crippen LogP contribution < -0.4 is 5.32 Å². The standard InChI is InChI=1S/C20H31N3O2/c1-4-11-22(12-5-2)19(24)14-18-20(25)21-10-13-23(18)15-17-8-6-16(3)7-9-17/h6-9,18H,4-5,10-15H2,1-3H3,(H,21,25). The van der Waals surface area contributed by atoms with E-state index >= 15 is 0 Å². The van der Waals surface area contributed by atoms with Gasteiger partial charge in [-0.15, -0.1) is 0 Å². The number of rotatable bonds is 8. The number of hydrogen-bond donors (Lipinski definition) is 1. The van der Waals surface area contributed by atoms with Crippen LogP contribution >= 0.6 is 0 Å². The summed E-state index contributed by atoms with van der Waals surface area (Å²) >= 11 is 0. The number of nitrogens with one attached hydrogen (secondary N) is 1. The number of carbonyl (C=O) groups excluding carboxylic acids is 2. The van der Waals surface area contributed by atoms with Gasteiger partial charge in [-0.05, 0) is 25.3 Å². The highest BCUT2D eigenvalue weighted by Gasteiger charge is 2.32. The van der Waals surface area contributed by atoms with Gasteiger partial charge in [0.1, 0.15) is 0 Å². The van der Waals surface area contributed by atoms with Gasteiger partial charge in [-0.2, -0.15) is 0 Å².